The Morgan fingerprint density at radius 3 is 2.15 bits per heavy atom. The Kier molecular flexibility index (Phi) is 13.2. The lowest BCUT2D eigenvalue weighted by molar-refractivity contribution is -0.130. The molecule has 0 spiro atoms. The summed E-state index contributed by atoms with van der Waals surface area (Å²) < 4.78 is 5.36. The average Bonchev–Trinajstić information content (AvgIpc) is 2.86. The SMILES string of the molecule is CC(C)CC[C@H](O)[C@H](CC1CCCCC1)NC(=O)[C@H](C)NC(=O)[C@H](Cc1ccccc1)NC(=O)OC(C)(C)C. The minimum absolute atomic E-state index is 0.248. The van der Waals surface area contributed by atoms with E-state index in [0.717, 1.165) is 31.2 Å². The molecule has 1 aromatic carbocycles. The van der Waals surface area contributed by atoms with Gasteiger partial charge in [-0.05, 0) is 64.4 Å². The lowest BCUT2D eigenvalue weighted by Crippen LogP contribution is -2.56. The molecule has 0 unspecified atom stereocenters. The van der Waals surface area contributed by atoms with Crippen molar-refractivity contribution in [1.29, 1.82) is 0 Å². The molecular weight excluding hydrogens is 494 g/mol. The summed E-state index contributed by atoms with van der Waals surface area (Å²) in [5.74, 6) is 0.124. The van der Waals surface area contributed by atoms with Crippen molar-refractivity contribution in [3.63, 3.8) is 0 Å². The number of rotatable bonds is 13. The highest BCUT2D eigenvalue weighted by atomic mass is 16.6. The summed E-state index contributed by atoms with van der Waals surface area (Å²) in [6, 6.07) is 7.23. The van der Waals surface area contributed by atoms with E-state index in [1.54, 1.807) is 27.7 Å². The van der Waals surface area contributed by atoms with Crippen LogP contribution in [0.2, 0.25) is 0 Å². The van der Waals surface area contributed by atoms with Crippen molar-refractivity contribution in [2.24, 2.45) is 11.8 Å². The van der Waals surface area contributed by atoms with Gasteiger partial charge >= 0.3 is 6.09 Å². The number of alkyl carbamates (subject to hydrolysis) is 1. The largest absolute Gasteiger partial charge is 0.444 e. The summed E-state index contributed by atoms with van der Waals surface area (Å²) in [5.41, 5.74) is 0.154. The van der Waals surface area contributed by atoms with Gasteiger partial charge in [0.25, 0.3) is 0 Å². The lowest BCUT2D eigenvalue weighted by atomic mass is 9.83. The molecule has 0 heterocycles. The van der Waals surface area contributed by atoms with Crippen LogP contribution in [0.1, 0.15) is 98.5 Å². The number of nitrogens with one attached hydrogen (secondary N) is 3. The Morgan fingerprint density at radius 1 is 0.923 bits per heavy atom. The van der Waals surface area contributed by atoms with E-state index in [4.69, 9.17) is 4.74 Å². The smallest absolute Gasteiger partial charge is 0.408 e. The fraction of sp³-hybridized carbons (Fsp3) is 0.710. The summed E-state index contributed by atoms with van der Waals surface area (Å²) >= 11 is 0. The Labute approximate surface area is 235 Å². The first kappa shape index (κ1) is 32.6. The van der Waals surface area contributed by atoms with Crippen molar-refractivity contribution in [3.05, 3.63) is 35.9 Å². The zero-order valence-corrected chi connectivity index (χ0v) is 24.8. The van der Waals surface area contributed by atoms with Crippen molar-refractivity contribution in [3.8, 4) is 0 Å². The topological polar surface area (TPSA) is 117 Å². The number of hydrogen-bond donors (Lipinski definition) is 4. The summed E-state index contributed by atoms with van der Waals surface area (Å²) in [7, 11) is 0. The second kappa shape index (κ2) is 15.8. The molecule has 2 rings (SSSR count). The summed E-state index contributed by atoms with van der Waals surface area (Å²) in [6.07, 6.45) is 7.00. The summed E-state index contributed by atoms with van der Waals surface area (Å²) in [4.78, 5) is 39.0. The number of ether oxygens (including phenoxy) is 1. The lowest BCUT2D eigenvalue weighted by Gasteiger charge is -2.31. The molecule has 4 atom stereocenters. The maximum Gasteiger partial charge on any atom is 0.408 e. The number of carbonyl (C=O) groups excluding carboxylic acids is 3. The van der Waals surface area contributed by atoms with Crippen LogP contribution in [0.15, 0.2) is 30.3 Å². The predicted octanol–water partition coefficient (Wildman–Crippen LogP) is 4.88. The molecule has 8 heteroatoms. The molecule has 0 aromatic heterocycles. The standard InChI is InChI=1S/C31H51N3O5/c1-21(2)17-18-27(35)25(19-23-13-9-7-10-14-23)33-28(36)22(3)32-29(37)26(20-24-15-11-8-12-16-24)34-30(38)39-31(4,5)6/h8,11-12,15-16,21-23,25-27,35H,7,9-10,13-14,17-20H2,1-6H3,(H,32,37)(H,33,36)(H,34,38)/t22-,25-,26-,27-/m0/s1. The van der Waals surface area contributed by atoms with Gasteiger partial charge in [0.15, 0.2) is 0 Å². The van der Waals surface area contributed by atoms with Gasteiger partial charge in [0.2, 0.25) is 11.8 Å². The number of amides is 3. The Morgan fingerprint density at radius 2 is 1.56 bits per heavy atom. The molecule has 1 aliphatic carbocycles. The normalized spacial score (nSPS) is 17.5. The first-order chi connectivity index (χ1) is 18.3. The van der Waals surface area contributed by atoms with Crippen molar-refractivity contribution in [2.75, 3.05) is 0 Å². The molecule has 3 amide bonds. The zero-order valence-electron chi connectivity index (χ0n) is 24.8. The summed E-state index contributed by atoms with van der Waals surface area (Å²) in [6.45, 7) is 11.1. The third-order valence-electron chi connectivity index (χ3n) is 7.19. The molecular formula is C31H51N3O5. The zero-order chi connectivity index (χ0) is 29.0. The third kappa shape index (κ3) is 12.9. The molecule has 0 bridgehead atoms. The molecule has 8 nitrogen and oxygen atoms in total. The van der Waals surface area contributed by atoms with Crippen LogP contribution in [-0.2, 0) is 20.7 Å². The van der Waals surface area contributed by atoms with Crippen molar-refractivity contribution < 1.29 is 24.2 Å². The van der Waals surface area contributed by atoms with E-state index in [0.29, 0.717) is 18.3 Å². The highest BCUT2D eigenvalue weighted by Gasteiger charge is 2.30. The number of benzene rings is 1. The van der Waals surface area contributed by atoms with Crippen LogP contribution >= 0.6 is 0 Å². The van der Waals surface area contributed by atoms with Gasteiger partial charge in [-0.15, -0.1) is 0 Å². The Hall–Kier alpha value is -2.61. The molecule has 0 saturated heterocycles. The quantitative estimate of drug-likeness (QED) is 0.282. The van der Waals surface area contributed by atoms with E-state index in [9.17, 15) is 19.5 Å². The minimum Gasteiger partial charge on any atom is -0.444 e. The predicted molar refractivity (Wildman–Crippen MR) is 154 cm³/mol. The van der Waals surface area contributed by atoms with Gasteiger partial charge < -0.3 is 25.8 Å². The van der Waals surface area contributed by atoms with E-state index in [1.807, 2.05) is 30.3 Å². The van der Waals surface area contributed by atoms with Crippen LogP contribution in [0.5, 0.6) is 0 Å². The molecule has 39 heavy (non-hydrogen) atoms. The molecule has 220 valence electrons. The number of aliphatic hydroxyl groups is 1. The fourth-order valence-electron chi connectivity index (χ4n) is 5.00. The molecule has 0 aliphatic heterocycles. The molecule has 1 fully saturated rings. The van der Waals surface area contributed by atoms with Gasteiger partial charge in [0.1, 0.15) is 17.7 Å². The Bertz CT molecular complexity index is 893. The first-order valence-corrected chi connectivity index (χ1v) is 14.7. The highest BCUT2D eigenvalue weighted by Crippen LogP contribution is 2.28. The average molecular weight is 546 g/mol. The van der Waals surface area contributed by atoms with E-state index >= 15 is 0 Å². The van der Waals surface area contributed by atoms with Crippen LogP contribution in [0, 0.1) is 11.8 Å². The number of carbonyl (C=O) groups is 3. The van der Waals surface area contributed by atoms with Crippen LogP contribution in [0.4, 0.5) is 4.79 Å². The van der Waals surface area contributed by atoms with E-state index in [1.165, 1.54) is 19.3 Å². The molecule has 1 saturated carbocycles. The molecule has 0 radical (unpaired) electrons. The van der Waals surface area contributed by atoms with Crippen LogP contribution in [0.3, 0.4) is 0 Å². The second-order valence-corrected chi connectivity index (χ2v) is 12.5. The molecule has 1 aliphatic rings. The Balaban J connectivity index is 2.07. The van der Waals surface area contributed by atoms with Crippen LogP contribution in [0.25, 0.3) is 0 Å². The van der Waals surface area contributed by atoms with Crippen LogP contribution < -0.4 is 16.0 Å². The van der Waals surface area contributed by atoms with Gasteiger partial charge in [-0.1, -0.05) is 76.3 Å². The van der Waals surface area contributed by atoms with Gasteiger partial charge in [-0.2, -0.15) is 0 Å². The van der Waals surface area contributed by atoms with Crippen molar-refractivity contribution in [2.45, 2.75) is 129 Å². The van der Waals surface area contributed by atoms with Gasteiger partial charge in [-0.25, -0.2) is 4.79 Å². The van der Waals surface area contributed by atoms with Gasteiger partial charge in [-0.3, -0.25) is 9.59 Å². The van der Waals surface area contributed by atoms with Gasteiger partial charge in [0.05, 0.1) is 12.1 Å². The number of hydrogen-bond acceptors (Lipinski definition) is 5. The molecule has 1 aromatic rings. The monoisotopic (exact) mass is 545 g/mol. The highest BCUT2D eigenvalue weighted by molar-refractivity contribution is 5.91. The van der Waals surface area contributed by atoms with Gasteiger partial charge in [0, 0.05) is 6.42 Å². The molecule has 4 N–H and O–H groups in total. The van der Waals surface area contributed by atoms with Crippen molar-refractivity contribution >= 4 is 17.9 Å². The maximum atomic E-state index is 13.3. The first-order valence-electron chi connectivity index (χ1n) is 14.7. The van der Waals surface area contributed by atoms with E-state index < -0.39 is 35.8 Å². The maximum absolute atomic E-state index is 13.3. The number of aliphatic hydroxyl groups excluding tert-OH is 1. The van der Waals surface area contributed by atoms with E-state index in [-0.39, 0.29) is 18.4 Å². The van der Waals surface area contributed by atoms with Crippen molar-refractivity contribution in [1.82, 2.24) is 16.0 Å². The summed E-state index contributed by atoms with van der Waals surface area (Å²) in [5, 5.41) is 19.4. The third-order valence-corrected chi connectivity index (χ3v) is 7.19. The van der Waals surface area contributed by atoms with E-state index in [2.05, 4.69) is 29.8 Å². The van der Waals surface area contributed by atoms with Crippen LogP contribution in [-0.4, -0.2) is 52.8 Å². The second-order valence-electron chi connectivity index (χ2n) is 12.5. The minimum atomic E-state index is -0.924. The fourth-order valence-corrected chi connectivity index (χ4v) is 5.00.